The number of oxazole rings is 1. The first-order chi connectivity index (χ1) is 20.6. The predicted octanol–water partition coefficient (Wildman–Crippen LogP) is 5.87. The fraction of sp³-hybridized carbons (Fsp3) is 0.258. The monoisotopic (exact) mass is 642 g/mol. The number of hydrogen-bond donors (Lipinski definition) is 1. The van der Waals surface area contributed by atoms with Gasteiger partial charge in [0.15, 0.2) is 6.54 Å². The lowest BCUT2D eigenvalue weighted by Crippen LogP contribution is -2.38. The molecule has 43 heavy (non-hydrogen) atoms. The van der Waals surface area contributed by atoms with Crippen LogP contribution >= 0.6 is 11.6 Å². The largest absolute Gasteiger partial charge is 0.748 e. The van der Waals surface area contributed by atoms with E-state index in [0.717, 1.165) is 33.6 Å². The van der Waals surface area contributed by atoms with E-state index in [1.807, 2.05) is 79.7 Å². The minimum Gasteiger partial charge on any atom is -0.748 e. The number of allylic oxidation sites excluding steroid dienone is 3. The van der Waals surface area contributed by atoms with E-state index >= 15 is 0 Å². The quantitative estimate of drug-likeness (QED) is 0.0881. The fourth-order valence-electron chi connectivity index (χ4n) is 5.20. The lowest BCUT2D eigenvalue weighted by molar-refractivity contribution is -0.673. The van der Waals surface area contributed by atoms with Crippen LogP contribution in [0.15, 0.2) is 88.5 Å². The fourth-order valence-corrected chi connectivity index (χ4v) is 6.03. The summed E-state index contributed by atoms with van der Waals surface area (Å²) in [5.41, 5.74) is 7.19. The average molecular weight is 643 g/mol. The summed E-state index contributed by atoms with van der Waals surface area (Å²) < 4.78 is 67.5. The number of rotatable bonds is 12. The molecule has 5 rings (SSSR count). The van der Waals surface area contributed by atoms with Crippen LogP contribution in [0, 0.1) is 0 Å². The smallest absolute Gasteiger partial charge is 0.374 e. The van der Waals surface area contributed by atoms with E-state index in [-0.39, 0.29) is 13.2 Å². The van der Waals surface area contributed by atoms with Gasteiger partial charge in [-0.05, 0) is 59.4 Å². The molecule has 226 valence electrons. The SMILES string of the molecule is CCC(=Cc1oc2ccc(-c3ccccc3)cc2[n+]1CCS(=O)(=O)[O-])C=C1Cc2ccc(Cl)cc2N1CCCOS(=O)O. The zero-order valence-electron chi connectivity index (χ0n) is 23.4. The molecule has 1 aliphatic heterocycles. The lowest BCUT2D eigenvalue weighted by atomic mass is 10.1. The van der Waals surface area contributed by atoms with Gasteiger partial charge >= 0.3 is 17.3 Å². The van der Waals surface area contributed by atoms with Crippen LogP contribution in [0.5, 0.6) is 0 Å². The molecule has 0 saturated heterocycles. The molecule has 0 spiro atoms. The maximum Gasteiger partial charge on any atom is 0.374 e. The van der Waals surface area contributed by atoms with Crippen molar-refractivity contribution in [1.82, 2.24) is 0 Å². The van der Waals surface area contributed by atoms with Gasteiger partial charge in [0.1, 0.15) is 10.1 Å². The molecule has 12 heteroatoms. The molecular weight excluding hydrogens is 612 g/mol. The van der Waals surface area contributed by atoms with Gasteiger partial charge in [-0.3, -0.25) is 8.74 Å². The van der Waals surface area contributed by atoms with E-state index < -0.39 is 27.2 Å². The van der Waals surface area contributed by atoms with Crippen molar-refractivity contribution >= 4 is 55.9 Å². The third kappa shape index (κ3) is 7.80. The van der Waals surface area contributed by atoms with Gasteiger partial charge in [0.2, 0.25) is 5.58 Å². The maximum absolute atomic E-state index is 11.6. The minimum atomic E-state index is -4.47. The number of nitrogens with zero attached hydrogens (tertiary/aromatic N) is 2. The molecule has 0 radical (unpaired) electrons. The number of hydrogen-bond acceptors (Lipinski definition) is 7. The molecule has 9 nitrogen and oxygen atoms in total. The van der Waals surface area contributed by atoms with Crippen LogP contribution in [0.1, 0.15) is 31.2 Å². The Morgan fingerprint density at radius 2 is 1.95 bits per heavy atom. The van der Waals surface area contributed by atoms with Gasteiger partial charge in [0.05, 0.1) is 18.4 Å². The topological polar surface area (TPSA) is 124 Å². The Morgan fingerprint density at radius 1 is 1.16 bits per heavy atom. The Kier molecular flexibility index (Phi) is 9.80. The standard InChI is InChI=1S/C31H31ClN2O7S2/c1-2-22(17-27-19-25-9-11-26(32)21-28(25)33(27)13-6-15-40-42(35)36)18-31-34(14-16-43(37,38)39)29-20-24(10-12-30(29)41-31)23-7-4-3-5-8-23/h3-5,7-12,17-18,20-21H,2,6,13-16,19H2,1H3,(H-,35,36,37,38,39). The van der Waals surface area contributed by atoms with Crippen LogP contribution in [0.2, 0.25) is 5.02 Å². The van der Waals surface area contributed by atoms with E-state index in [0.29, 0.717) is 47.8 Å². The number of aryl methyl sites for hydroxylation is 1. The second-order valence-electron chi connectivity index (χ2n) is 10.1. The third-order valence-corrected chi connectivity index (χ3v) is 8.52. The van der Waals surface area contributed by atoms with Crippen LogP contribution in [0.4, 0.5) is 5.69 Å². The summed E-state index contributed by atoms with van der Waals surface area (Å²) in [7, 11) is -4.47. The second-order valence-corrected chi connectivity index (χ2v) is 12.7. The summed E-state index contributed by atoms with van der Waals surface area (Å²) in [6.45, 7) is 2.62. The van der Waals surface area contributed by atoms with Crippen LogP contribution in [0.3, 0.4) is 0 Å². The number of aromatic nitrogens is 1. The summed E-state index contributed by atoms with van der Waals surface area (Å²) in [6, 6.07) is 21.3. The highest BCUT2D eigenvalue weighted by molar-refractivity contribution is 7.85. The molecule has 3 aromatic carbocycles. The van der Waals surface area contributed by atoms with Gasteiger partial charge in [0.25, 0.3) is 5.52 Å². The lowest BCUT2D eigenvalue weighted by Gasteiger charge is -2.22. The summed E-state index contributed by atoms with van der Waals surface area (Å²) in [5, 5.41) is 0.607. The molecule has 1 aliphatic rings. The van der Waals surface area contributed by atoms with Crippen molar-refractivity contribution in [3.63, 3.8) is 0 Å². The third-order valence-electron chi connectivity index (χ3n) is 7.24. The first kappa shape index (κ1) is 31.1. The van der Waals surface area contributed by atoms with Gasteiger partial charge < -0.3 is 13.9 Å². The molecule has 0 bridgehead atoms. The highest BCUT2D eigenvalue weighted by Crippen LogP contribution is 2.37. The van der Waals surface area contributed by atoms with Crippen LogP contribution in [-0.2, 0) is 38.6 Å². The van der Waals surface area contributed by atoms with Crippen molar-refractivity contribution in [2.24, 2.45) is 0 Å². The summed E-state index contributed by atoms with van der Waals surface area (Å²) in [4.78, 5) is 2.12. The van der Waals surface area contributed by atoms with Crippen molar-refractivity contribution in [2.45, 2.75) is 32.7 Å². The number of benzene rings is 3. The van der Waals surface area contributed by atoms with Gasteiger partial charge in [-0.2, -0.15) is 8.78 Å². The zero-order chi connectivity index (χ0) is 30.6. The molecule has 0 fully saturated rings. The van der Waals surface area contributed by atoms with E-state index in [1.165, 1.54) is 0 Å². The molecule has 1 aromatic heterocycles. The summed E-state index contributed by atoms with van der Waals surface area (Å²) >= 11 is 3.99. The first-order valence-corrected chi connectivity index (χ1v) is 16.8. The number of anilines is 1. The molecular formula is C31H31ClN2O7S2. The summed E-state index contributed by atoms with van der Waals surface area (Å²) in [6.07, 6.45) is 5.76. The van der Waals surface area contributed by atoms with Crippen LogP contribution < -0.4 is 9.47 Å². The van der Waals surface area contributed by atoms with Crippen molar-refractivity contribution < 1.29 is 34.9 Å². The highest BCUT2D eigenvalue weighted by Gasteiger charge is 2.26. The Bertz CT molecular complexity index is 1820. The molecule has 0 saturated carbocycles. The summed E-state index contributed by atoms with van der Waals surface area (Å²) in [5.74, 6) is -0.142. The molecule has 1 N–H and O–H groups in total. The normalized spacial score (nSPS) is 15.4. The Labute approximate surface area is 258 Å². The maximum atomic E-state index is 11.6. The highest BCUT2D eigenvalue weighted by atomic mass is 35.5. The molecule has 2 heterocycles. The minimum absolute atomic E-state index is 0.0568. The van der Waals surface area contributed by atoms with Gasteiger partial charge in [0, 0.05) is 35.4 Å². The van der Waals surface area contributed by atoms with Crippen molar-refractivity contribution in [3.8, 4) is 11.1 Å². The van der Waals surface area contributed by atoms with Gasteiger partial charge in [-0.15, -0.1) is 0 Å². The van der Waals surface area contributed by atoms with Crippen molar-refractivity contribution in [3.05, 3.63) is 101 Å². The Balaban J connectivity index is 1.53. The number of fused-ring (bicyclic) bond motifs is 2. The van der Waals surface area contributed by atoms with Gasteiger partial charge in [-0.25, -0.2) is 8.42 Å². The Morgan fingerprint density at radius 3 is 2.67 bits per heavy atom. The predicted molar refractivity (Wildman–Crippen MR) is 167 cm³/mol. The molecule has 1 atom stereocenters. The average Bonchev–Trinajstić information content (AvgIpc) is 3.49. The van der Waals surface area contributed by atoms with E-state index in [9.17, 15) is 17.2 Å². The zero-order valence-corrected chi connectivity index (χ0v) is 25.8. The molecule has 1 unspecified atom stereocenters. The van der Waals surface area contributed by atoms with Crippen LogP contribution in [0.25, 0.3) is 28.3 Å². The van der Waals surface area contributed by atoms with Crippen LogP contribution in [-0.4, -0.2) is 40.6 Å². The number of halogens is 1. The second kappa shape index (κ2) is 13.5. The molecule has 0 aliphatic carbocycles. The van der Waals surface area contributed by atoms with Crippen molar-refractivity contribution in [2.75, 3.05) is 23.8 Å². The first-order valence-electron chi connectivity index (χ1n) is 13.8. The van der Waals surface area contributed by atoms with E-state index in [4.69, 9.17) is 24.8 Å². The van der Waals surface area contributed by atoms with Crippen molar-refractivity contribution in [1.29, 1.82) is 0 Å². The molecule has 0 amide bonds. The Hall–Kier alpha value is -3.32. The van der Waals surface area contributed by atoms with E-state index in [2.05, 4.69) is 11.0 Å². The van der Waals surface area contributed by atoms with E-state index in [1.54, 1.807) is 4.57 Å². The van der Waals surface area contributed by atoms with Gasteiger partial charge in [-0.1, -0.05) is 61.0 Å². The molecule has 4 aromatic rings.